The van der Waals surface area contributed by atoms with Crippen LogP contribution < -0.4 is 0 Å². The van der Waals surface area contributed by atoms with Crippen molar-refractivity contribution in [2.24, 2.45) is 10.1 Å². The quantitative estimate of drug-likeness (QED) is 0.675. The first-order valence-electron chi connectivity index (χ1n) is 10.1. The Labute approximate surface area is 176 Å². The van der Waals surface area contributed by atoms with Gasteiger partial charge in [-0.1, -0.05) is 35.3 Å². The molecule has 1 aromatic rings. The number of carbonyl (C=O) groups excluding carboxylic acids is 2. The first-order chi connectivity index (χ1) is 14.3. The Bertz CT molecular complexity index is 969. The van der Waals surface area contributed by atoms with Gasteiger partial charge in [0.15, 0.2) is 0 Å². The van der Waals surface area contributed by atoms with Crippen LogP contribution in [0, 0.1) is 0 Å². The normalized spacial score (nSPS) is 23.7. The number of hydrazone groups is 1. The predicted molar refractivity (Wildman–Crippen MR) is 114 cm³/mol. The number of benzene rings is 1. The van der Waals surface area contributed by atoms with E-state index >= 15 is 0 Å². The number of likely N-dealkylation sites (N-methyl/N-ethyl adjacent to an activating group) is 3. The van der Waals surface area contributed by atoms with Crippen molar-refractivity contribution in [3.8, 4) is 0 Å². The van der Waals surface area contributed by atoms with Crippen molar-refractivity contribution in [3.63, 3.8) is 0 Å². The average molecular weight is 411 g/mol. The van der Waals surface area contributed by atoms with Gasteiger partial charge in [0.05, 0.1) is 5.71 Å². The largest absolute Gasteiger partial charge is 0.416 e. The molecule has 3 heterocycles. The third kappa shape index (κ3) is 3.28. The maximum Gasteiger partial charge on any atom is 0.416 e. The van der Waals surface area contributed by atoms with Crippen molar-refractivity contribution in [2.45, 2.75) is 32.5 Å². The lowest BCUT2D eigenvalue weighted by Crippen LogP contribution is -2.63. The summed E-state index contributed by atoms with van der Waals surface area (Å²) < 4.78 is 1.98. The van der Waals surface area contributed by atoms with Crippen molar-refractivity contribution in [3.05, 3.63) is 35.9 Å². The third-order valence-corrected chi connectivity index (χ3v) is 5.97. The van der Waals surface area contributed by atoms with E-state index in [1.165, 1.54) is 22.4 Å². The minimum atomic E-state index is -0.599. The van der Waals surface area contributed by atoms with E-state index in [1.54, 1.807) is 7.05 Å². The van der Waals surface area contributed by atoms with Gasteiger partial charge < -0.3 is 0 Å². The number of nitrogens with zero attached hydrogens (tertiary/aromatic N) is 7. The molecule has 158 valence electrons. The second-order valence-corrected chi connectivity index (χ2v) is 8.08. The van der Waals surface area contributed by atoms with Crippen LogP contribution in [0.2, 0.25) is 0 Å². The van der Waals surface area contributed by atoms with Crippen molar-refractivity contribution < 1.29 is 14.2 Å². The van der Waals surface area contributed by atoms with Crippen molar-refractivity contribution in [1.29, 1.82) is 0 Å². The Morgan fingerprint density at radius 2 is 1.83 bits per heavy atom. The second kappa shape index (κ2) is 7.64. The molecule has 2 unspecified atom stereocenters. The number of aliphatic imine (C=N–C) groups is 1. The summed E-state index contributed by atoms with van der Waals surface area (Å²) in [5.74, 6) is 0.844. The molecule has 0 aromatic heterocycles. The van der Waals surface area contributed by atoms with Gasteiger partial charge in [-0.3, -0.25) is 19.5 Å². The number of hydrogen-bond acceptors (Lipinski definition) is 6. The number of guanidine groups is 1. The molecule has 1 fully saturated rings. The molecule has 3 aliphatic heterocycles. The summed E-state index contributed by atoms with van der Waals surface area (Å²) in [4.78, 5) is 34.8. The van der Waals surface area contributed by atoms with Crippen LogP contribution in [0.3, 0.4) is 0 Å². The highest BCUT2D eigenvalue weighted by Gasteiger charge is 2.55. The van der Waals surface area contributed by atoms with E-state index < -0.39 is 6.04 Å². The third-order valence-electron chi connectivity index (χ3n) is 5.97. The number of amidine groups is 1. The molecular weight excluding hydrogens is 382 g/mol. The number of carbonyl (C=O) groups is 2. The Morgan fingerprint density at radius 1 is 1.13 bits per heavy atom. The first-order valence-corrected chi connectivity index (χ1v) is 10.1. The molecule has 9 nitrogen and oxygen atoms in total. The van der Waals surface area contributed by atoms with Crippen LogP contribution in [-0.2, 0) is 11.3 Å². The molecule has 3 aliphatic rings. The minimum Gasteiger partial charge on any atom is -0.299 e. The number of imide groups is 1. The van der Waals surface area contributed by atoms with Gasteiger partial charge in [0, 0.05) is 27.2 Å². The van der Waals surface area contributed by atoms with Gasteiger partial charge in [-0.25, -0.2) is 9.37 Å². The number of hydrogen-bond donors (Lipinski definition) is 0. The van der Waals surface area contributed by atoms with Crippen molar-refractivity contribution >= 4 is 29.4 Å². The van der Waals surface area contributed by atoms with E-state index in [0.717, 1.165) is 18.8 Å². The van der Waals surface area contributed by atoms with E-state index in [2.05, 4.69) is 24.1 Å². The fourth-order valence-corrected chi connectivity index (χ4v) is 4.05. The zero-order valence-corrected chi connectivity index (χ0v) is 18.1. The van der Waals surface area contributed by atoms with E-state index in [1.807, 2.05) is 41.6 Å². The summed E-state index contributed by atoms with van der Waals surface area (Å²) in [5.41, 5.74) is 2.16. The van der Waals surface area contributed by atoms with E-state index in [-0.39, 0.29) is 18.0 Å². The van der Waals surface area contributed by atoms with Gasteiger partial charge in [0.25, 0.3) is 5.91 Å². The molecule has 0 aliphatic carbocycles. The maximum absolute atomic E-state index is 12.9. The standard InChI is InChI=1S/C21H28N7O2/c1-14-15(2)28-17-18(25(4)21(30)26(5)19(17)29)22-20(28)27(23-14)12-11-24(3)13-16-9-7-6-8-10-16/h6-10,15,17H,11-13H2,1-5H3/q+1. The molecule has 0 radical (unpaired) electrons. The number of urea groups is 1. The van der Waals surface area contributed by atoms with Crippen LogP contribution in [-0.4, -0.2) is 100 Å². The van der Waals surface area contributed by atoms with Crippen LogP contribution in [0.15, 0.2) is 40.4 Å². The molecule has 0 spiro atoms. The first kappa shape index (κ1) is 20.2. The molecule has 4 rings (SSSR count). The lowest BCUT2D eigenvalue weighted by molar-refractivity contribution is -0.559. The highest BCUT2D eigenvalue weighted by molar-refractivity contribution is 6.23. The van der Waals surface area contributed by atoms with Gasteiger partial charge in [0.2, 0.25) is 11.9 Å². The zero-order chi connectivity index (χ0) is 21.6. The monoisotopic (exact) mass is 410 g/mol. The smallest absolute Gasteiger partial charge is 0.299 e. The maximum atomic E-state index is 12.9. The van der Waals surface area contributed by atoms with Crippen molar-refractivity contribution in [1.82, 2.24) is 19.7 Å². The molecule has 1 saturated heterocycles. The van der Waals surface area contributed by atoms with Gasteiger partial charge in [-0.05, 0) is 26.5 Å². The molecule has 1 aromatic carbocycles. The Hall–Kier alpha value is -3.07. The van der Waals surface area contributed by atoms with Gasteiger partial charge in [-0.2, -0.15) is 0 Å². The number of fused-ring (bicyclic) bond motifs is 2. The lowest BCUT2D eigenvalue weighted by Gasteiger charge is -2.34. The van der Waals surface area contributed by atoms with Crippen molar-refractivity contribution in [2.75, 3.05) is 34.2 Å². The Morgan fingerprint density at radius 3 is 2.53 bits per heavy atom. The Kier molecular flexibility index (Phi) is 5.15. The summed E-state index contributed by atoms with van der Waals surface area (Å²) in [6.07, 6.45) is 0. The van der Waals surface area contributed by atoms with Gasteiger partial charge in [0.1, 0.15) is 12.6 Å². The van der Waals surface area contributed by atoms with Crippen LogP contribution in [0.25, 0.3) is 0 Å². The van der Waals surface area contributed by atoms with Gasteiger partial charge in [-0.15, -0.1) is 10.1 Å². The minimum absolute atomic E-state index is 0.0801. The number of rotatable bonds is 5. The molecule has 9 heteroatoms. The van der Waals surface area contributed by atoms with Crippen LogP contribution in [0.4, 0.5) is 4.79 Å². The molecule has 3 amide bonds. The summed E-state index contributed by atoms with van der Waals surface area (Å²) in [7, 11) is 5.25. The van der Waals surface area contributed by atoms with E-state index in [0.29, 0.717) is 18.3 Å². The van der Waals surface area contributed by atoms with Crippen LogP contribution >= 0.6 is 0 Å². The van der Waals surface area contributed by atoms with Crippen LogP contribution in [0.5, 0.6) is 0 Å². The Balaban J connectivity index is 1.56. The summed E-state index contributed by atoms with van der Waals surface area (Å²) in [5, 5.41) is 6.60. The van der Waals surface area contributed by atoms with E-state index in [4.69, 9.17) is 10.1 Å². The molecule has 0 N–H and O–H groups in total. The second-order valence-electron chi connectivity index (χ2n) is 8.08. The highest BCUT2D eigenvalue weighted by atomic mass is 16.2. The molecular formula is C21H28N7O2+. The molecule has 0 saturated carbocycles. The average Bonchev–Trinajstić information content (AvgIpc) is 3.14. The summed E-state index contributed by atoms with van der Waals surface area (Å²) in [6.45, 7) is 6.22. The fraction of sp³-hybridized carbons (Fsp3) is 0.476. The summed E-state index contributed by atoms with van der Waals surface area (Å²) in [6, 6.07) is 9.27. The SMILES string of the molecule is CC1=NN(CCN(C)Cc2ccccc2)C2=[N+](C1C)C1C(=O)N(C)C(=O)N(C)C1=N2. The van der Waals surface area contributed by atoms with Gasteiger partial charge >= 0.3 is 12.0 Å². The van der Waals surface area contributed by atoms with E-state index in [9.17, 15) is 9.59 Å². The number of amides is 3. The fourth-order valence-electron chi connectivity index (χ4n) is 4.05. The lowest BCUT2D eigenvalue weighted by atomic mass is 10.1. The molecule has 0 bridgehead atoms. The highest BCUT2D eigenvalue weighted by Crippen LogP contribution is 2.24. The predicted octanol–water partition coefficient (Wildman–Crippen LogP) is 0.871. The topological polar surface area (TPSA) is 74.8 Å². The summed E-state index contributed by atoms with van der Waals surface area (Å²) >= 11 is 0. The zero-order valence-electron chi connectivity index (χ0n) is 18.1. The van der Waals surface area contributed by atoms with Crippen LogP contribution in [0.1, 0.15) is 19.4 Å². The molecule has 30 heavy (non-hydrogen) atoms. The molecule has 2 atom stereocenters.